The maximum absolute atomic E-state index is 12.2. The van der Waals surface area contributed by atoms with Crippen LogP contribution < -0.4 is 5.32 Å². The van der Waals surface area contributed by atoms with Gasteiger partial charge in [-0.05, 0) is 38.5 Å². The second-order valence-electron chi connectivity index (χ2n) is 5.91. The average Bonchev–Trinajstić information content (AvgIpc) is 2.36. The summed E-state index contributed by atoms with van der Waals surface area (Å²) in [5, 5.41) is 4.13. The number of ether oxygens (including phenoxy) is 1. The normalized spacial score (nSPS) is 24.0. The highest BCUT2D eigenvalue weighted by atomic mass is 35.5. The minimum atomic E-state index is -0.159. The van der Waals surface area contributed by atoms with Crippen LogP contribution in [0.1, 0.15) is 32.4 Å². The number of nitrogens with one attached hydrogen (secondary N) is 1. The third-order valence-corrected chi connectivity index (χ3v) is 4.23. The molecule has 0 aromatic heterocycles. The Hall–Kier alpha value is -0.810. The molecular weight excluding hydrogens is 323 g/mol. The first-order valence-electron chi connectivity index (χ1n) is 7.47. The molecule has 1 aliphatic heterocycles. The summed E-state index contributed by atoms with van der Waals surface area (Å²) in [5.41, 5.74) is 0.864. The van der Waals surface area contributed by atoms with Gasteiger partial charge in [-0.1, -0.05) is 29.3 Å². The quantitative estimate of drug-likeness (QED) is 0.911. The van der Waals surface area contributed by atoms with Crippen molar-refractivity contribution < 1.29 is 9.53 Å². The predicted molar refractivity (Wildman–Crippen MR) is 89.5 cm³/mol. The highest BCUT2D eigenvalue weighted by Crippen LogP contribution is 2.26. The van der Waals surface area contributed by atoms with Crippen LogP contribution in [0.2, 0.25) is 10.0 Å². The molecule has 1 saturated heterocycles. The summed E-state index contributed by atoms with van der Waals surface area (Å²) < 4.78 is 5.67. The Morgan fingerprint density at radius 2 is 2.00 bits per heavy atom. The standard InChI is InChI=1S/C16H22Cl2N2O2/c1-10-7-20(8-11(2)22-10)9-16(21)19-12(3)14-5-4-13(17)6-15(14)18/h4-6,10-12H,7-9H2,1-3H3,(H,19,21). The van der Waals surface area contributed by atoms with Crippen LogP contribution in [0.25, 0.3) is 0 Å². The molecule has 22 heavy (non-hydrogen) atoms. The van der Waals surface area contributed by atoms with E-state index in [-0.39, 0.29) is 24.2 Å². The van der Waals surface area contributed by atoms with Crippen molar-refractivity contribution in [3.63, 3.8) is 0 Å². The molecule has 1 N–H and O–H groups in total. The van der Waals surface area contributed by atoms with Crippen molar-refractivity contribution >= 4 is 29.1 Å². The van der Waals surface area contributed by atoms with Gasteiger partial charge in [0.1, 0.15) is 0 Å². The molecule has 0 spiro atoms. The van der Waals surface area contributed by atoms with E-state index in [0.29, 0.717) is 16.6 Å². The van der Waals surface area contributed by atoms with Crippen LogP contribution in [0.4, 0.5) is 0 Å². The topological polar surface area (TPSA) is 41.6 Å². The summed E-state index contributed by atoms with van der Waals surface area (Å²) in [6.07, 6.45) is 0.305. The van der Waals surface area contributed by atoms with E-state index in [0.717, 1.165) is 18.7 Å². The smallest absolute Gasteiger partial charge is 0.234 e. The zero-order valence-corrected chi connectivity index (χ0v) is 14.6. The fourth-order valence-electron chi connectivity index (χ4n) is 2.83. The first kappa shape index (κ1) is 17.5. The lowest BCUT2D eigenvalue weighted by Gasteiger charge is -2.35. The van der Waals surface area contributed by atoms with Crippen molar-refractivity contribution in [3.05, 3.63) is 33.8 Å². The zero-order chi connectivity index (χ0) is 16.3. The van der Waals surface area contributed by atoms with Gasteiger partial charge in [0, 0.05) is 23.1 Å². The molecule has 1 fully saturated rings. The van der Waals surface area contributed by atoms with Gasteiger partial charge in [-0.2, -0.15) is 0 Å². The molecule has 6 heteroatoms. The highest BCUT2D eigenvalue weighted by Gasteiger charge is 2.24. The van der Waals surface area contributed by atoms with Crippen molar-refractivity contribution in [1.82, 2.24) is 10.2 Å². The van der Waals surface area contributed by atoms with Gasteiger partial charge in [0.25, 0.3) is 0 Å². The SMILES string of the molecule is CC1CN(CC(=O)NC(C)c2ccc(Cl)cc2Cl)CC(C)O1. The van der Waals surface area contributed by atoms with Gasteiger partial charge in [0.2, 0.25) is 5.91 Å². The Morgan fingerprint density at radius 1 is 1.36 bits per heavy atom. The van der Waals surface area contributed by atoms with Crippen molar-refractivity contribution in [3.8, 4) is 0 Å². The number of amides is 1. The molecule has 0 aliphatic carbocycles. The molecule has 122 valence electrons. The van der Waals surface area contributed by atoms with Crippen molar-refractivity contribution in [2.24, 2.45) is 0 Å². The summed E-state index contributed by atoms with van der Waals surface area (Å²) in [5.74, 6) is -0.0141. The van der Waals surface area contributed by atoms with Crippen LogP contribution in [0.5, 0.6) is 0 Å². The van der Waals surface area contributed by atoms with E-state index in [4.69, 9.17) is 27.9 Å². The highest BCUT2D eigenvalue weighted by molar-refractivity contribution is 6.35. The Morgan fingerprint density at radius 3 is 2.59 bits per heavy atom. The number of carbonyl (C=O) groups excluding carboxylic acids is 1. The minimum Gasteiger partial charge on any atom is -0.373 e. The molecule has 2 rings (SSSR count). The maximum Gasteiger partial charge on any atom is 0.234 e. The molecule has 0 bridgehead atoms. The number of halogens is 2. The van der Waals surface area contributed by atoms with E-state index in [2.05, 4.69) is 10.2 Å². The van der Waals surface area contributed by atoms with Crippen molar-refractivity contribution in [1.29, 1.82) is 0 Å². The second kappa shape index (κ2) is 7.64. The number of rotatable bonds is 4. The van der Waals surface area contributed by atoms with Crippen LogP contribution >= 0.6 is 23.2 Å². The van der Waals surface area contributed by atoms with E-state index in [1.165, 1.54) is 0 Å². The zero-order valence-electron chi connectivity index (χ0n) is 13.1. The molecular formula is C16H22Cl2N2O2. The van der Waals surface area contributed by atoms with Gasteiger partial charge in [0.05, 0.1) is 24.8 Å². The second-order valence-corrected chi connectivity index (χ2v) is 6.75. The van der Waals surface area contributed by atoms with Crippen LogP contribution in [0.3, 0.4) is 0 Å². The van der Waals surface area contributed by atoms with E-state index in [1.807, 2.05) is 26.8 Å². The van der Waals surface area contributed by atoms with E-state index in [1.54, 1.807) is 12.1 Å². The summed E-state index contributed by atoms with van der Waals surface area (Å²) in [6.45, 7) is 7.88. The van der Waals surface area contributed by atoms with Crippen LogP contribution in [0.15, 0.2) is 18.2 Å². The summed E-state index contributed by atoms with van der Waals surface area (Å²) >= 11 is 12.1. The first-order chi connectivity index (χ1) is 10.3. The van der Waals surface area contributed by atoms with Gasteiger partial charge in [-0.3, -0.25) is 9.69 Å². The molecule has 4 nitrogen and oxygen atoms in total. The lowest BCUT2D eigenvalue weighted by atomic mass is 10.1. The molecule has 0 saturated carbocycles. The number of hydrogen-bond donors (Lipinski definition) is 1. The minimum absolute atomic E-state index is 0.0141. The molecule has 1 aromatic carbocycles. The Balaban J connectivity index is 1.91. The average molecular weight is 345 g/mol. The summed E-state index contributed by atoms with van der Waals surface area (Å²) in [7, 11) is 0. The Labute approximate surface area is 141 Å². The van der Waals surface area contributed by atoms with Crippen LogP contribution in [-0.4, -0.2) is 42.6 Å². The van der Waals surface area contributed by atoms with Gasteiger partial charge in [-0.25, -0.2) is 0 Å². The summed E-state index contributed by atoms with van der Waals surface area (Å²) in [4.78, 5) is 14.3. The van der Waals surface area contributed by atoms with E-state index < -0.39 is 0 Å². The fraction of sp³-hybridized carbons (Fsp3) is 0.562. The molecule has 1 heterocycles. The molecule has 1 aliphatic rings. The fourth-order valence-corrected chi connectivity index (χ4v) is 3.41. The van der Waals surface area contributed by atoms with Gasteiger partial charge < -0.3 is 10.1 Å². The monoisotopic (exact) mass is 344 g/mol. The number of hydrogen-bond acceptors (Lipinski definition) is 3. The molecule has 1 aromatic rings. The first-order valence-corrected chi connectivity index (χ1v) is 8.23. The number of morpholine rings is 1. The molecule has 3 atom stereocenters. The van der Waals surface area contributed by atoms with Crippen LogP contribution in [-0.2, 0) is 9.53 Å². The van der Waals surface area contributed by atoms with Gasteiger partial charge >= 0.3 is 0 Å². The maximum atomic E-state index is 12.2. The lowest BCUT2D eigenvalue weighted by Crippen LogP contribution is -2.49. The van der Waals surface area contributed by atoms with Crippen molar-refractivity contribution in [2.45, 2.75) is 39.0 Å². The Bertz CT molecular complexity index is 529. The molecule has 0 radical (unpaired) electrons. The van der Waals surface area contributed by atoms with Crippen molar-refractivity contribution in [2.75, 3.05) is 19.6 Å². The van der Waals surface area contributed by atoms with Crippen LogP contribution in [0, 0.1) is 0 Å². The van der Waals surface area contributed by atoms with E-state index in [9.17, 15) is 4.79 Å². The Kier molecular flexibility index (Phi) is 6.09. The van der Waals surface area contributed by atoms with E-state index >= 15 is 0 Å². The number of carbonyl (C=O) groups is 1. The summed E-state index contributed by atoms with van der Waals surface area (Å²) in [6, 6.07) is 5.14. The third-order valence-electron chi connectivity index (χ3n) is 3.67. The molecule has 3 unspecified atom stereocenters. The third kappa shape index (κ3) is 4.85. The predicted octanol–water partition coefficient (Wildman–Crippen LogP) is 3.28. The number of nitrogens with zero attached hydrogens (tertiary/aromatic N) is 1. The van der Waals surface area contributed by atoms with Gasteiger partial charge in [0.15, 0.2) is 0 Å². The molecule has 1 amide bonds. The lowest BCUT2D eigenvalue weighted by molar-refractivity contribution is -0.126. The largest absolute Gasteiger partial charge is 0.373 e. The number of benzene rings is 1. The van der Waals surface area contributed by atoms with Gasteiger partial charge in [-0.15, -0.1) is 0 Å².